The first kappa shape index (κ1) is 9.51. The highest BCUT2D eigenvalue weighted by atomic mass is 16.6. The van der Waals surface area contributed by atoms with E-state index in [0.717, 1.165) is 5.56 Å². The molecule has 1 saturated heterocycles. The van der Waals surface area contributed by atoms with Gasteiger partial charge in [-0.1, -0.05) is 12.1 Å². The molecule has 1 atom stereocenters. The number of nitrogens with one attached hydrogen (secondary N) is 1. The summed E-state index contributed by atoms with van der Waals surface area (Å²) in [5.74, 6) is -0.398. The molecule has 15 heavy (non-hydrogen) atoms. The quantitative estimate of drug-likeness (QED) is 0.549. The third kappa shape index (κ3) is 2.07. The van der Waals surface area contributed by atoms with Crippen molar-refractivity contribution in [3.63, 3.8) is 0 Å². The summed E-state index contributed by atoms with van der Waals surface area (Å²) in [6.45, 7) is 0. The van der Waals surface area contributed by atoms with Gasteiger partial charge in [0, 0.05) is 6.42 Å². The Bertz CT molecular complexity index is 398. The molecule has 2 rings (SSSR count). The number of hydrogen-bond acceptors (Lipinski definition) is 4. The second-order valence-corrected chi connectivity index (χ2v) is 3.28. The molecule has 0 spiro atoms. The molecule has 1 aromatic rings. The minimum atomic E-state index is -0.705. The van der Waals surface area contributed by atoms with Crippen molar-refractivity contribution in [1.82, 2.24) is 5.32 Å². The highest BCUT2D eigenvalue weighted by Crippen LogP contribution is 2.13. The van der Waals surface area contributed by atoms with E-state index in [0.29, 0.717) is 6.42 Å². The van der Waals surface area contributed by atoms with Gasteiger partial charge in [0.25, 0.3) is 0 Å². The molecule has 1 fully saturated rings. The van der Waals surface area contributed by atoms with Crippen molar-refractivity contribution < 1.29 is 19.4 Å². The van der Waals surface area contributed by atoms with E-state index in [2.05, 4.69) is 10.1 Å². The van der Waals surface area contributed by atoms with Crippen molar-refractivity contribution in [3.8, 4) is 5.75 Å². The molecule has 78 valence electrons. The molecular weight excluding hydrogens is 198 g/mol. The molecular formula is C10H9NO4. The van der Waals surface area contributed by atoms with E-state index in [1.165, 1.54) is 12.1 Å². The average Bonchev–Trinajstić information content (AvgIpc) is 2.49. The van der Waals surface area contributed by atoms with Crippen LogP contribution < -0.4 is 5.32 Å². The number of carbonyl (C=O) groups excluding carboxylic acids is 2. The fraction of sp³-hybridized carbons (Fsp3) is 0.200. The summed E-state index contributed by atoms with van der Waals surface area (Å²) in [5.41, 5.74) is 0.844. The second-order valence-electron chi connectivity index (χ2n) is 3.28. The lowest BCUT2D eigenvalue weighted by Crippen LogP contribution is -2.30. The normalized spacial score (nSPS) is 19.9. The summed E-state index contributed by atoms with van der Waals surface area (Å²) in [7, 11) is 0. The lowest BCUT2D eigenvalue weighted by Gasteiger charge is -2.05. The summed E-state index contributed by atoms with van der Waals surface area (Å²) in [4.78, 5) is 21.8. The third-order valence-electron chi connectivity index (χ3n) is 2.15. The number of aromatic hydroxyl groups is 1. The monoisotopic (exact) mass is 207 g/mol. The number of phenolic OH excluding ortho intramolecular Hbond substituents is 1. The van der Waals surface area contributed by atoms with Gasteiger partial charge < -0.3 is 15.2 Å². The molecule has 0 bridgehead atoms. The van der Waals surface area contributed by atoms with E-state index in [1.54, 1.807) is 12.1 Å². The lowest BCUT2D eigenvalue weighted by molar-refractivity contribution is -0.135. The van der Waals surface area contributed by atoms with E-state index in [1.807, 2.05) is 0 Å². The van der Waals surface area contributed by atoms with Gasteiger partial charge >= 0.3 is 12.1 Å². The Hall–Kier alpha value is -2.04. The maximum absolute atomic E-state index is 11.1. The molecule has 5 nitrogen and oxygen atoms in total. The zero-order valence-electron chi connectivity index (χ0n) is 7.77. The van der Waals surface area contributed by atoms with Crippen LogP contribution in [0, 0.1) is 0 Å². The number of cyclic esters (lactones) is 2. The van der Waals surface area contributed by atoms with E-state index in [-0.39, 0.29) is 5.75 Å². The number of benzene rings is 1. The Labute approximate surface area is 85.7 Å². The van der Waals surface area contributed by atoms with E-state index >= 15 is 0 Å². The van der Waals surface area contributed by atoms with Gasteiger partial charge in [0.05, 0.1) is 0 Å². The van der Waals surface area contributed by atoms with Crippen LogP contribution in [0.15, 0.2) is 24.3 Å². The lowest BCUT2D eigenvalue weighted by atomic mass is 10.1. The largest absolute Gasteiger partial charge is 0.508 e. The summed E-state index contributed by atoms with van der Waals surface area (Å²) >= 11 is 0. The van der Waals surface area contributed by atoms with Crippen molar-refractivity contribution in [2.24, 2.45) is 0 Å². The Kier molecular flexibility index (Phi) is 2.29. The molecule has 1 amide bonds. The highest BCUT2D eigenvalue weighted by molar-refractivity contribution is 5.95. The molecule has 1 aliphatic rings. The van der Waals surface area contributed by atoms with Gasteiger partial charge in [0.2, 0.25) is 0 Å². The van der Waals surface area contributed by atoms with E-state index < -0.39 is 18.1 Å². The molecule has 1 aromatic carbocycles. The zero-order chi connectivity index (χ0) is 10.8. The standard InChI is InChI=1S/C10H9NO4/c12-7-3-1-6(2-4-7)5-8-9(13)15-10(14)11-8/h1-4,8,12H,5H2,(H,11,14)/t8-/m1/s1. The van der Waals surface area contributed by atoms with Crippen LogP contribution in [-0.4, -0.2) is 23.2 Å². The van der Waals surface area contributed by atoms with Gasteiger partial charge in [0.1, 0.15) is 11.8 Å². The van der Waals surface area contributed by atoms with Crippen LogP contribution in [0.3, 0.4) is 0 Å². The van der Waals surface area contributed by atoms with Crippen LogP contribution in [-0.2, 0) is 16.0 Å². The number of ether oxygens (including phenoxy) is 1. The molecule has 2 N–H and O–H groups in total. The van der Waals surface area contributed by atoms with Crippen molar-refractivity contribution in [3.05, 3.63) is 29.8 Å². The Balaban J connectivity index is 2.06. The predicted octanol–water partition coefficient (Wildman–Crippen LogP) is 0.570. The SMILES string of the molecule is O=C1N[C@H](Cc2ccc(O)cc2)C(=O)O1. The van der Waals surface area contributed by atoms with Crippen molar-refractivity contribution in [1.29, 1.82) is 0 Å². The van der Waals surface area contributed by atoms with Crippen LogP contribution in [0.5, 0.6) is 5.75 Å². The van der Waals surface area contributed by atoms with Crippen LogP contribution in [0.2, 0.25) is 0 Å². The first-order valence-corrected chi connectivity index (χ1v) is 4.45. The first-order chi connectivity index (χ1) is 7.15. The molecule has 0 aliphatic carbocycles. The average molecular weight is 207 g/mol. The van der Waals surface area contributed by atoms with Gasteiger partial charge in [-0.2, -0.15) is 0 Å². The molecule has 0 unspecified atom stereocenters. The first-order valence-electron chi connectivity index (χ1n) is 4.45. The fourth-order valence-electron chi connectivity index (χ4n) is 1.40. The van der Waals surface area contributed by atoms with Crippen LogP contribution in [0.1, 0.15) is 5.56 Å². The molecule has 1 aliphatic heterocycles. The Morgan fingerprint density at radius 3 is 2.47 bits per heavy atom. The maximum atomic E-state index is 11.1. The summed E-state index contributed by atoms with van der Waals surface area (Å²) in [6.07, 6.45) is -0.339. The van der Waals surface area contributed by atoms with Gasteiger partial charge in [-0.15, -0.1) is 0 Å². The minimum absolute atomic E-state index is 0.164. The topological polar surface area (TPSA) is 75.6 Å². The molecule has 0 aromatic heterocycles. The summed E-state index contributed by atoms with van der Waals surface area (Å²) in [6, 6.07) is 5.80. The smallest absolute Gasteiger partial charge is 0.415 e. The predicted molar refractivity (Wildman–Crippen MR) is 50.2 cm³/mol. The number of amides is 1. The van der Waals surface area contributed by atoms with E-state index in [9.17, 15) is 9.59 Å². The van der Waals surface area contributed by atoms with Gasteiger partial charge in [-0.25, -0.2) is 9.59 Å². The summed E-state index contributed by atoms with van der Waals surface area (Å²) < 4.78 is 4.33. The number of alkyl carbamates (subject to hydrolysis) is 1. The fourth-order valence-corrected chi connectivity index (χ4v) is 1.40. The van der Waals surface area contributed by atoms with Crippen LogP contribution >= 0.6 is 0 Å². The Morgan fingerprint density at radius 2 is 1.93 bits per heavy atom. The molecule has 5 heteroatoms. The number of phenols is 1. The number of hydrogen-bond donors (Lipinski definition) is 2. The van der Waals surface area contributed by atoms with Crippen LogP contribution in [0.25, 0.3) is 0 Å². The minimum Gasteiger partial charge on any atom is -0.508 e. The van der Waals surface area contributed by atoms with Crippen LogP contribution in [0.4, 0.5) is 4.79 Å². The number of carbonyl (C=O) groups is 2. The van der Waals surface area contributed by atoms with Crippen molar-refractivity contribution in [2.45, 2.75) is 12.5 Å². The van der Waals surface area contributed by atoms with Gasteiger partial charge in [0.15, 0.2) is 0 Å². The van der Waals surface area contributed by atoms with Gasteiger partial charge in [-0.05, 0) is 17.7 Å². The molecule has 0 radical (unpaired) electrons. The van der Waals surface area contributed by atoms with Crippen molar-refractivity contribution in [2.75, 3.05) is 0 Å². The Morgan fingerprint density at radius 1 is 1.27 bits per heavy atom. The number of rotatable bonds is 2. The van der Waals surface area contributed by atoms with E-state index in [4.69, 9.17) is 5.11 Å². The molecule has 0 saturated carbocycles. The molecule has 1 heterocycles. The second kappa shape index (κ2) is 3.61. The highest BCUT2D eigenvalue weighted by Gasteiger charge is 2.32. The number of esters is 1. The van der Waals surface area contributed by atoms with Crippen molar-refractivity contribution >= 4 is 12.1 Å². The van der Waals surface area contributed by atoms with Gasteiger partial charge in [-0.3, -0.25) is 0 Å². The zero-order valence-corrected chi connectivity index (χ0v) is 7.77. The third-order valence-corrected chi connectivity index (χ3v) is 2.15. The summed E-state index contributed by atoms with van der Waals surface area (Å²) in [5, 5.41) is 11.4. The maximum Gasteiger partial charge on any atom is 0.415 e.